The van der Waals surface area contributed by atoms with Crippen molar-refractivity contribution in [2.24, 2.45) is 0 Å². The molecule has 0 aliphatic rings. The monoisotopic (exact) mass is 267 g/mol. The van der Waals surface area contributed by atoms with E-state index >= 15 is 0 Å². The molecule has 0 aromatic carbocycles. The molecule has 0 bridgehead atoms. The molecule has 78 valence electrons. The fraction of sp³-hybridized carbons (Fsp3) is 0.375. The van der Waals surface area contributed by atoms with E-state index in [9.17, 15) is 13.6 Å². The number of hydrogen-bond donors (Lipinski definition) is 2. The summed E-state index contributed by atoms with van der Waals surface area (Å²) in [6, 6.07) is 0. The van der Waals surface area contributed by atoms with Gasteiger partial charge >= 0.3 is 0 Å². The van der Waals surface area contributed by atoms with Gasteiger partial charge in [-0.15, -0.1) is 0 Å². The lowest BCUT2D eigenvalue weighted by atomic mass is 10.1. The van der Waals surface area contributed by atoms with Crippen LogP contribution in [-0.2, 0) is 11.9 Å². The molecule has 0 unspecified atom stereocenters. The van der Waals surface area contributed by atoms with Crippen LogP contribution in [-0.4, -0.2) is 10.1 Å². The maximum Gasteiger partial charge on any atom is 0.269 e. The van der Waals surface area contributed by atoms with Crippen LogP contribution in [0.3, 0.4) is 0 Å². The minimum Gasteiger partial charge on any atom is -0.390 e. The maximum atomic E-state index is 12.4. The highest BCUT2D eigenvalue weighted by molar-refractivity contribution is 9.08. The van der Waals surface area contributed by atoms with Crippen molar-refractivity contribution in [2.45, 2.75) is 18.4 Å². The molecule has 0 saturated carbocycles. The second-order valence-electron chi connectivity index (χ2n) is 2.63. The molecule has 0 aliphatic carbocycles. The summed E-state index contributed by atoms with van der Waals surface area (Å²) in [5.74, 6) is 0. The minimum atomic E-state index is -2.88. The number of H-pyrrole nitrogens is 1. The molecule has 0 aliphatic heterocycles. The quantitative estimate of drug-likeness (QED) is 0.820. The Hall–Kier alpha value is -0.750. The van der Waals surface area contributed by atoms with Crippen LogP contribution < -0.4 is 5.43 Å². The SMILES string of the molecule is O=c1c(CBr)c[nH]c(CO)c1C(F)F. The van der Waals surface area contributed by atoms with Crippen LogP contribution in [0.2, 0.25) is 0 Å². The van der Waals surface area contributed by atoms with Gasteiger partial charge in [0.2, 0.25) is 0 Å². The van der Waals surface area contributed by atoms with Crippen molar-refractivity contribution in [3.8, 4) is 0 Å². The molecule has 0 saturated heterocycles. The highest BCUT2D eigenvalue weighted by Gasteiger charge is 2.18. The molecule has 0 amide bonds. The number of nitrogens with one attached hydrogen (secondary N) is 1. The normalized spacial score (nSPS) is 10.9. The molecule has 0 spiro atoms. The van der Waals surface area contributed by atoms with E-state index in [1.54, 1.807) is 0 Å². The minimum absolute atomic E-state index is 0.130. The van der Waals surface area contributed by atoms with E-state index in [1.165, 1.54) is 6.20 Å². The van der Waals surface area contributed by atoms with Gasteiger partial charge in [-0.3, -0.25) is 4.79 Å². The number of rotatable bonds is 3. The summed E-state index contributed by atoms with van der Waals surface area (Å²) in [6.45, 7) is -0.600. The average Bonchev–Trinajstić information content (AvgIpc) is 2.16. The van der Waals surface area contributed by atoms with E-state index < -0.39 is 24.0 Å². The van der Waals surface area contributed by atoms with Crippen LogP contribution in [0.15, 0.2) is 11.0 Å². The van der Waals surface area contributed by atoms with Crippen molar-refractivity contribution in [3.05, 3.63) is 33.2 Å². The van der Waals surface area contributed by atoms with Gasteiger partial charge in [-0.1, -0.05) is 15.9 Å². The molecule has 3 nitrogen and oxygen atoms in total. The Morgan fingerprint density at radius 1 is 1.57 bits per heavy atom. The molecule has 14 heavy (non-hydrogen) atoms. The van der Waals surface area contributed by atoms with Crippen molar-refractivity contribution in [3.63, 3.8) is 0 Å². The predicted molar refractivity (Wildman–Crippen MR) is 50.6 cm³/mol. The molecule has 1 heterocycles. The summed E-state index contributed by atoms with van der Waals surface area (Å²) >= 11 is 3.01. The third kappa shape index (κ3) is 2.01. The van der Waals surface area contributed by atoms with E-state index in [2.05, 4.69) is 20.9 Å². The summed E-state index contributed by atoms with van der Waals surface area (Å²) in [5.41, 5.74) is -1.28. The first-order valence-electron chi connectivity index (χ1n) is 3.80. The van der Waals surface area contributed by atoms with E-state index in [0.29, 0.717) is 0 Å². The third-order valence-corrected chi connectivity index (χ3v) is 2.41. The molecule has 0 atom stereocenters. The first kappa shape index (κ1) is 11.3. The van der Waals surface area contributed by atoms with Crippen molar-refractivity contribution < 1.29 is 13.9 Å². The summed E-state index contributed by atoms with van der Waals surface area (Å²) in [6.07, 6.45) is -1.56. The lowest BCUT2D eigenvalue weighted by molar-refractivity contribution is 0.144. The van der Waals surface area contributed by atoms with Crippen molar-refractivity contribution in [1.29, 1.82) is 0 Å². The smallest absolute Gasteiger partial charge is 0.269 e. The van der Waals surface area contributed by atoms with Gasteiger partial charge < -0.3 is 10.1 Å². The molecule has 6 heteroatoms. The second-order valence-corrected chi connectivity index (χ2v) is 3.19. The Balaban J connectivity index is 3.39. The Kier molecular flexibility index (Phi) is 3.77. The van der Waals surface area contributed by atoms with Crippen molar-refractivity contribution >= 4 is 15.9 Å². The lowest BCUT2D eigenvalue weighted by Crippen LogP contribution is -2.18. The Labute approximate surface area is 86.9 Å². The number of aromatic nitrogens is 1. The fourth-order valence-electron chi connectivity index (χ4n) is 1.09. The molecule has 0 radical (unpaired) electrons. The van der Waals surface area contributed by atoms with E-state index in [0.717, 1.165) is 0 Å². The highest BCUT2D eigenvalue weighted by Crippen LogP contribution is 2.18. The zero-order valence-electron chi connectivity index (χ0n) is 7.06. The van der Waals surface area contributed by atoms with Gasteiger partial charge in [-0.2, -0.15) is 0 Å². The number of aliphatic hydroxyl groups excluding tert-OH is 1. The third-order valence-electron chi connectivity index (χ3n) is 1.80. The van der Waals surface area contributed by atoms with E-state index in [-0.39, 0.29) is 16.6 Å². The maximum absolute atomic E-state index is 12.4. The van der Waals surface area contributed by atoms with Gasteiger partial charge in [0.25, 0.3) is 6.43 Å². The van der Waals surface area contributed by atoms with Crippen LogP contribution in [0, 0.1) is 0 Å². The van der Waals surface area contributed by atoms with Gasteiger partial charge in [-0.25, -0.2) is 8.78 Å². The van der Waals surface area contributed by atoms with Gasteiger partial charge in [0, 0.05) is 17.1 Å². The summed E-state index contributed by atoms with van der Waals surface area (Å²) in [4.78, 5) is 13.8. The zero-order chi connectivity index (χ0) is 10.7. The van der Waals surface area contributed by atoms with Crippen LogP contribution in [0.1, 0.15) is 23.2 Å². The standard InChI is InChI=1S/C8H8BrF2NO2/c9-1-4-2-12-5(3-13)6(7(4)14)8(10)11/h2,8,13H,1,3H2,(H,12,14). The number of hydrogen-bond acceptors (Lipinski definition) is 2. The average molecular weight is 268 g/mol. The number of pyridine rings is 1. The van der Waals surface area contributed by atoms with Gasteiger partial charge in [-0.05, 0) is 0 Å². The van der Waals surface area contributed by atoms with Crippen molar-refractivity contribution in [1.82, 2.24) is 4.98 Å². The second kappa shape index (κ2) is 4.65. The summed E-state index contributed by atoms with van der Waals surface area (Å²) in [5, 5.41) is 8.94. The van der Waals surface area contributed by atoms with Crippen molar-refractivity contribution in [2.75, 3.05) is 0 Å². The summed E-state index contributed by atoms with van der Waals surface area (Å²) in [7, 11) is 0. The van der Waals surface area contributed by atoms with Crippen LogP contribution in [0.25, 0.3) is 0 Å². The molecule has 0 fully saturated rings. The predicted octanol–water partition coefficient (Wildman–Crippen LogP) is 1.70. The first-order chi connectivity index (χ1) is 6.61. The molecular formula is C8H8BrF2NO2. The summed E-state index contributed by atoms with van der Waals surface area (Å²) < 4.78 is 24.9. The van der Waals surface area contributed by atoms with Gasteiger partial charge in [0.05, 0.1) is 17.9 Å². The number of halogens is 3. The van der Waals surface area contributed by atoms with Crippen LogP contribution in [0.5, 0.6) is 0 Å². The Morgan fingerprint density at radius 3 is 2.64 bits per heavy atom. The largest absolute Gasteiger partial charge is 0.390 e. The topological polar surface area (TPSA) is 53.1 Å². The zero-order valence-corrected chi connectivity index (χ0v) is 8.64. The number of aliphatic hydroxyl groups is 1. The molecule has 1 aromatic heterocycles. The molecule has 1 rings (SSSR count). The Bertz CT molecular complexity index is 378. The number of alkyl halides is 3. The van der Waals surface area contributed by atoms with Crippen LogP contribution in [0.4, 0.5) is 8.78 Å². The van der Waals surface area contributed by atoms with Gasteiger partial charge in [0.1, 0.15) is 0 Å². The van der Waals surface area contributed by atoms with E-state index in [1.807, 2.05) is 0 Å². The Morgan fingerprint density at radius 2 is 2.21 bits per heavy atom. The molecular weight excluding hydrogens is 260 g/mol. The first-order valence-corrected chi connectivity index (χ1v) is 4.92. The fourth-order valence-corrected chi connectivity index (χ4v) is 1.50. The number of aromatic amines is 1. The highest BCUT2D eigenvalue weighted by atomic mass is 79.9. The molecule has 2 N–H and O–H groups in total. The van der Waals surface area contributed by atoms with Crippen LogP contribution >= 0.6 is 15.9 Å². The lowest BCUT2D eigenvalue weighted by Gasteiger charge is -2.06. The van der Waals surface area contributed by atoms with Gasteiger partial charge in [0.15, 0.2) is 5.43 Å². The molecule has 1 aromatic rings. The van der Waals surface area contributed by atoms with E-state index in [4.69, 9.17) is 5.11 Å².